The molecule has 1 fully saturated rings. The summed E-state index contributed by atoms with van der Waals surface area (Å²) in [5, 5.41) is 8.19. The number of pyridine rings is 1. The lowest BCUT2D eigenvalue weighted by atomic mass is 9.66. The van der Waals surface area contributed by atoms with Crippen LogP contribution in [0.5, 0.6) is 0 Å². The van der Waals surface area contributed by atoms with Crippen LogP contribution in [-0.4, -0.2) is 83.8 Å². The summed E-state index contributed by atoms with van der Waals surface area (Å²) in [7, 11) is -1.95. The number of rotatable bonds is 16. The van der Waals surface area contributed by atoms with Crippen LogP contribution in [0.1, 0.15) is 106 Å². The third kappa shape index (κ3) is 12.5. The lowest BCUT2D eigenvalue weighted by molar-refractivity contribution is -0.152. The molecule has 0 saturated carbocycles. The lowest BCUT2D eigenvalue weighted by Crippen LogP contribution is -2.61. The fraction of sp³-hybridized carbons (Fsp3) is 0.628. The zero-order valence-corrected chi connectivity index (χ0v) is 39.1. The Morgan fingerprint density at radius 3 is 2.22 bits per heavy atom. The van der Waals surface area contributed by atoms with Crippen LogP contribution in [0, 0.1) is 16.7 Å². The van der Waals surface area contributed by atoms with E-state index in [4.69, 9.17) is 37.7 Å². The molecule has 5 atom stereocenters. The minimum Gasteiger partial charge on any atom is -0.462 e. The number of alkyl halides is 2. The number of nitrogens with one attached hydrogen (secondary N) is 3. The van der Waals surface area contributed by atoms with Gasteiger partial charge in [0.15, 0.2) is 0 Å². The van der Waals surface area contributed by atoms with Gasteiger partial charge in [-0.05, 0) is 67.7 Å². The van der Waals surface area contributed by atoms with E-state index in [-0.39, 0.29) is 29.4 Å². The van der Waals surface area contributed by atoms with Crippen molar-refractivity contribution in [2.45, 2.75) is 142 Å². The quantitative estimate of drug-likeness (QED) is 0.0868. The smallest absolute Gasteiger partial charge is 0.325 e. The zero-order chi connectivity index (χ0) is 44.0. The van der Waals surface area contributed by atoms with Gasteiger partial charge < -0.3 is 20.1 Å². The molecule has 1 saturated heterocycles. The van der Waals surface area contributed by atoms with E-state index in [0.717, 1.165) is 22.5 Å². The molecule has 12 nitrogen and oxygen atoms in total. The van der Waals surface area contributed by atoms with Crippen molar-refractivity contribution in [3.8, 4) is 0 Å². The fourth-order valence-corrected chi connectivity index (χ4v) is 10.2. The van der Waals surface area contributed by atoms with E-state index in [1.165, 1.54) is 11.9 Å². The highest BCUT2D eigenvalue weighted by Crippen LogP contribution is 2.51. The Bertz CT molecular complexity index is 1850. The Hall–Kier alpha value is -3.52. The number of fused-ring (bicyclic) bond motifs is 1. The second-order valence-electron chi connectivity index (χ2n) is 18.4. The average Bonchev–Trinajstić information content (AvgIpc) is 3.12. The highest BCUT2D eigenvalue weighted by atomic mass is 35.5. The molecule has 0 spiro atoms. The van der Waals surface area contributed by atoms with Gasteiger partial charge in [-0.25, -0.2) is 10.4 Å². The summed E-state index contributed by atoms with van der Waals surface area (Å²) < 4.78 is 10.5. The topological polar surface area (TPSA) is 156 Å². The number of carbonyl (C=O) groups is 5. The number of ether oxygens (including phenoxy) is 2. The van der Waals surface area contributed by atoms with E-state index < -0.39 is 65.8 Å². The van der Waals surface area contributed by atoms with Crippen LogP contribution in [0.4, 0.5) is 0 Å². The van der Waals surface area contributed by atoms with Crippen LogP contribution in [0.2, 0.25) is 24.2 Å². The van der Waals surface area contributed by atoms with Crippen molar-refractivity contribution in [1.29, 1.82) is 0 Å². The molecule has 1 aliphatic rings. The first-order chi connectivity index (χ1) is 26.7. The SMILES string of the molecule is CC(=O)O[C@H](C)c1ccc2ccc(/C=C/C(C)(C(=O)N[C@H](C(=O)N[C@@H](C)C(=O)N3CCC[C@@H](C(=O)OCC(Cl)Cl)N3)C(C)C)C(C)(C)C[Si](C)(C)C(C)(C)C)cc2n1. The Kier molecular flexibility index (Phi) is 16.6. The van der Waals surface area contributed by atoms with Gasteiger partial charge in [-0.3, -0.25) is 29.0 Å². The Balaban J connectivity index is 1.92. The average molecular weight is 863 g/mol. The molecule has 2 aromatic rings. The number of aromatic nitrogens is 1. The van der Waals surface area contributed by atoms with E-state index in [2.05, 4.69) is 63.8 Å². The molecule has 0 radical (unpaired) electrons. The number of carbonyl (C=O) groups excluding carboxylic acids is 5. The number of benzene rings is 1. The minimum absolute atomic E-state index is 0.0559. The summed E-state index contributed by atoms with van der Waals surface area (Å²) in [6, 6.07) is 7.76. The predicted molar refractivity (Wildman–Crippen MR) is 234 cm³/mol. The van der Waals surface area contributed by atoms with Crippen molar-refractivity contribution in [3.63, 3.8) is 0 Å². The zero-order valence-electron chi connectivity index (χ0n) is 36.5. The van der Waals surface area contributed by atoms with E-state index in [1.807, 2.05) is 63.3 Å². The molecule has 1 aliphatic heterocycles. The summed E-state index contributed by atoms with van der Waals surface area (Å²) in [5.41, 5.74) is 3.42. The van der Waals surface area contributed by atoms with Gasteiger partial charge in [0.25, 0.3) is 5.91 Å². The van der Waals surface area contributed by atoms with Crippen molar-refractivity contribution >= 4 is 77.9 Å². The molecule has 15 heteroatoms. The number of hydrogen-bond donors (Lipinski definition) is 3. The van der Waals surface area contributed by atoms with Crippen molar-refractivity contribution in [3.05, 3.63) is 47.7 Å². The molecule has 58 heavy (non-hydrogen) atoms. The molecule has 0 bridgehead atoms. The van der Waals surface area contributed by atoms with E-state index >= 15 is 0 Å². The number of nitrogens with zero attached hydrogens (tertiary/aromatic N) is 2. The maximum atomic E-state index is 14.8. The van der Waals surface area contributed by atoms with Gasteiger partial charge in [-0.15, -0.1) is 23.2 Å². The molecule has 1 aromatic heterocycles. The third-order valence-corrected chi connectivity index (χ3v) is 18.0. The first-order valence-corrected chi connectivity index (χ1v) is 24.2. The third-order valence-electron chi connectivity index (χ3n) is 12.0. The van der Waals surface area contributed by atoms with Crippen LogP contribution >= 0.6 is 23.2 Å². The van der Waals surface area contributed by atoms with Gasteiger partial charge in [0, 0.05) is 18.9 Å². The molecule has 3 rings (SSSR count). The van der Waals surface area contributed by atoms with Gasteiger partial charge in [-0.1, -0.05) is 98.0 Å². The van der Waals surface area contributed by atoms with Gasteiger partial charge in [0.05, 0.1) is 24.7 Å². The summed E-state index contributed by atoms with van der Waals surface area (Å²) in [6.45, 7) is 26.2. The number of amides is 3. The van der Waals surface area contributed by atoms with E-state index in [9.17, 15) is 24.0 Å². The Morgan fingerprint density at radius 2 is 1.64 bits per heavy atom. The molecule has 0 aliphatic carbocycles. The maximum Gasteiger partial charge on any atom is 0.325 e. The molecule has 3 amide bonds. The fourth-order valence-electron chi connectivity index (χ4n) is 7.00. The van der Waals surface area contributed by atoms with Gasteiger partial charge in [-0.2, -0.15) is 0 Å². The Labute approximate surface area is 355 Å². The summed E-state index contributed by atoms with van der Waals surface area (Å²) in [5.74, 6) is -2.53. The first-order valence-electron chi connectivity index (χ1n) is 20.1. The number of halogens is 2. The summed E-state index contributed by atoms with van der Waals surface area (Å²) in [6.07, 6.45) is 4.35. The first kappa shape index (κ1) is 48.8. The molecule has 3 N–H and O–H groups in total. The van der Waals surface area contributed by atoms with Gasteiger partial charge in [0.1, 0.15) is 35.7 Å². The number of hydrazine groups is 1. The highest BCUT2D eigenvalue weighted by Gasteiger charge is 2.51. The molecule has 1 aromatic carbocycles. The minimum atomic E-state index is -1.95. The molecular weight excluding hydrogens is 797 g/mol. The van der Waals surface area contributed by atoms with Crippen molar-refractivity contribution in [1.82, 2.24) is 26.1 Å². The van der Waals surface area contributed by atoms with Gasteiger partial charge in [0.2, 0.25) is 11.8 Å². The number of esters is 2. The monoisotopic (exact) mass is 861 g/mol. The van der Waals surface area contributed by atoms with Crippen LogP contribution in [-0.2, 0) is 33.4 Å². The second-order valence-corrected chi connectivity index (χ2v) is 25.3. The Morgan fingerprint density at radius 1 is 1.00 bits per heavy atom. The molecule has 2 heterocycles. The normalized spacial score (nSPS) is 18.1. The summed E-state index contributed by atoms with van der Waals surface area (Å²) >= 11 is 11.4. The highest BCUT2D eigenvalue weighted by molar-refractivity contribution is 6.80. The van der Waals surface area contributed by atoms with Crippen LogP contribution in [0.25, 0.3) is 17.0 Å². The number of hydrogen-bond acceptors (Lipinski definition) is 9. The van der Waals surface area contributed by atoms with Crippen molar-refractivity contribution in [2.24, 2.45) is 16.7 Å². The van der Waals surface area contributed by atoms with Crippen molar-refractivity contribution < 1.29 is 33.4 Å². The maximum absolute atomic E-state index is 14.8. The standard InChI is InChI=1S/C43H65Cl2N5O7Si/c1-26(2)36(37(52)46-27(3)38(53)50-22-14-15-33(49-50)39(54)56-24-35(44)45)48-40(55)43(11,42(9,10)25-58(12,13)41(6,7)8)21-20-30-16-17-31-18-19-32(47-34(31)23-30)28(4)57-29(5)51/h16-21,23,26-28,33,35-36,49H,14-15,22,24-25H2,1-13H3,(H,46,52)(H,48,55)/b21-20+/t27-,28+,33-,36-,43?/m0/s1. The van der Waals surface area contributed by atoms with Crippen LogP contribution in [0.15, 0.2) is 36.4 Å². The van der Waals surface area contributed by atoms with E-state index in [1.54, 1.807) is 13.8 Å². The lowest BCUT2D eigenvalue weighted by Gasteiger charge is -2.49. The largest absolute Gasteiger partial charge is 0.462 e. The molecular formula is C43H65Cl2N5O7Si. The summed E-state index contributed by atoms with van der Waals surface area (Å²) in [4.78, 5) is 70.3. The molecule has 322 valence electrons. The van der Waals surface area contributed by atoms with Crippen molar-refractivity contribution in [2.75, 3.05) is 13.2 Å². The molecule has 1 unspecified atom stereocenters. The van der Waals surface area contributed by atoms with E-state index in [0.29, 0.717) is 25.1 Å². The van der Waals surface area contributed by atoms with Crippen LogP contribution < -0.4 is 16.1 Å². The second kappa shape index (κ2) is 19.7. The predicted octanol–water partition coefficient (Wildman–Crippen LogP) is 7.90. The van der Waals surface area contributed by atoms with Crippen LogP contribution in [0.3, 0.4) is 0 Å². The van der Waals surface area contributed by atoms with Gasteiger partial charge >= 0.3 is 11.9 Å².